The van der Waals surface area contributed by atoms with Gasteiger partial charge in [0.05, 0.1) is 5.56 Å². The van der Waals surface area contributed by atoms with Crippen molar-refractivity contribution in [2.75, 3.05) is 18.4 Å². The minimum atomic E-state index is -0.507. The zero-order valence-corrected chi connectivity index (χ0v) is 15.1. The summed E-state index contributed by atoms with van der Waals surface area (Å²) in [5.74, 6) is -0.972. The van der Waals surface area contributed by atoms with Gasteiger partial charge in [0.15, 0.2) is 0 Å². The van der Waals surface area contributed by atoms with Crippen molar-refractivity contribution in [3.63, 3.8) is 0 Å². The van der Waals surface area contributed by atoms with E-state index in [-0.39, 0.29) is 23.3 Å². The molecule has 0 bridgehead atoms. The van der Waals surface area contributed by atoms with E-state index < -0.39 is 5.82 Å². The lowest BCUT2D eigenvalue weighted by Crippen LogP contribution is -2.41. The Morgan fingerprint density at radius 2 is 1.73 bits per heavy atom. The summed E-state index contributed by atoms with van der Waals surface area (Å²) >= 11 is 0. The van der Waals surface area contributed by atoms with E-state index in [2.05, 4.69) is 5.32 Å². The van der Waals surface area contributed by atoms with Gasteiger partial charge in [-0.25, -0.2) is 4.39 Å². The number of carbonyl (C=O) groups excluding carboxylic acids is 2. The van der Waals surface area contributed by atoms with Crippen LogP contribution in [0.5, 0.6) is 0 Å². The number of benzene rings is 2. The molecular weight excluding hydrogens is 331 g/mol. The minimum Gasteiger partial charge on any atom is -0.339 e. The number of likely N-dealkylation sites (tertiary alicyclic amines) is 1. The van der Waals surface area contributed by atoms with Crippen LogP contribution >= 0.6 is 0 Å². The average molecular weight is 354 g/mol. The number of anilines is 1. The Balaban J connectivity index is 1.60. The van der Waals surface area contributed by atoms with E-state index in [0.29, 0.717) is 25.9 Å². The minimum absolute atomic E-state index is 0.0170. The molecule has 0 radical (unpaired) electrons. The molecule has 0 aliphatic carbocycles. The van der Waals surface area contributed by atoms with Crippen LogP contribution < -0.4 is 5.32 Å². The average Bonchev–Trinajstić information content (AvgIpc) is 2.65. The van der Waals surface area contributed by atoms with Gasteiger partial charge in [0.2, 0.25) is 5.91 Å². The lowest BCUT2D eigenvalue weighted by Gasteiger charge is -2.31. The summed E-state index contributed by atoms with van der Waals surface area (Å²) in [6, 6.07) is 11.8. The standard InChI is InChI=1S/C21H23FN2O2/c1-14-6-5-9-19(15(14)2)23-20(25)16-10-12-24(13-11-16)21(26)17-7-3-4-8-18(17)22/h3-9,16H,10-13H2,1-2H3,(H,23,25). The Kier molecular flexibility index (Phi) is 5.35. The van der Waals surface area contributed by atoms with Gasteiger partial charge in [0.25, 0.3) is 5.91 Å². The zero-order valence-electron chi connectivity index (χ0n) is 15.1. The van der Waals surface area contributed by atoms with Gasteiger partial charge in [-0.3, -0.25) is 9.59 Å². The molecule has 5 heteroatoms. The second-order valence-corrected chi connectivity index (χ2v) is 6.78. The third-order valence-electron chi connectivity index (χ3n) is 5.12. The van der Waals surface area contributed by atoms with Crippen LogP contribution in [0.4, 0.5) is 10.1 Å². The lowest BCUT2D eigenvalue weighted by molar-refractivity contribution is -0.121. The van der Waals surface area contributed by atoms with E-state index in [1.54, 1.807) is 17.0 Å². The van der Waals surface area contributed by atoms with Crippen LogP contribution in [0.2, 0.25) is 0 Å². The number of nitrogens with one attached hydrogen (secondary N) is 1. The molecule has 2 amide bonds. The molecule has 2 aromatic carbocycles. The third kappa shape index (κ3) is 3.77. The molecule has 4 nitrogen and oxygen atoms in total. The van der Waals surface area contributed by atoms with Crippen molar-refractivity contribution in [2.24, 2.45) is 5.92 Å². The first-order chi connectivity index (χ1) is 12.5. The number of halogens is 1. The van der Waals surface area contributed by atoms with Gasteiger partial charge in [-0.2, -0.15) is 0 Å². The molecule has 136 valence electrons. The monoisotopic (exact) mass is 354 g/mol. The highest BCUT2D eigenvalue weighted by molar-refractivity contribution is 5.95. The molecule has 26 heavy (non-hydrogen) atoms. The van der Waals surface area contributed by atoms with Crippen molar-refractivity contribution in [3.8, 4) is 0 Å². The topological polar surface area (TPSA) is 49.4 Å². The molecule has 0 saturated carbocycles. The Morgan fingerprint density at radius 3 is 2.42 bits per heavy atom. The molecule has 3 rings (SSSR count). The number of piperidine rings is 1. The molecule has 1 N–H and O–H groups in total. The van der Waals surface area contributed by atoms with E-state index in [0.717, 1.165) is 16.8 Å². The first-order valence-corrected chi connectivity index (χ1v) is 8.88. The Morgan fingerprint density at radius 1 is 1.04 bits per heavy atom. The SMILES string of the molecule is Cc1cccc(NC(=O)C2CCN(C(=O)c3ccccc3F)CC2)c1C. The van der Waals surface area contributed by atoms with Crippen molar-refractivity contribution in [1.82, 2.24) is 4.90 Å². The fraction of sp³-hybridized carbons (Fsp3) is 0.333. The van der Waals surface area contributed by atoms with Gasteiger partial charge in [-0.05, 0) is 56.0 Å². The van der Waals surface area contributed by atoms with E-state index in [1.165, 1.54) is 12.1 Å². The molecule has 2 aromatic rings. The molecule has 1 heterocycles. The van der Waals surface area contributed by atoms with Crippen molar-refractivity contribution in [1.29, 1.82) is 0 Å². The molecule has 1 fully saturated rings. The van der Waals surface area contributed by atoms with E-state index in [4.69, 9.17) is 0 Å². The van der Waals surface area contributed by atoms with Crippen LogP contribution in [0.25, 0.3) is 0 Å². The highest BCUT2D eigenvalue weighted by atomic mass is 19.1. The number of carbonyl (C=O) groups is 2. The quantitative estimate of drug-likeness (QED) is 0.908. The largest absolute Gasteiger partial charge is 0.339 e. The van der Waals surface area contributed by atoms with Gasteiger partial charge in [0, 0.05) is 24.7 Å². The van der Waals surface area contributed by atoms with Crippen molar-refractivity contribution < 1.29 is 14.0 Å². The lowest BCUT2D eigenvalue weighted by atomic mass is 9.95. The summed E-state index contributed by atoms with van der Waals surface area (Å²) in [6.07, 6.45) is 1.16. The van der Waals surface area contributed by atoms with E-state index in [1.807, 2.05) is 32.0 Å². The number of hydrogen-bond acceptors (Lipinski definition) is 2. The maximum Gasteiger partial charge on any atom is 0.256 e. The maximum atomic E-state index is 13.8. The van der Waals surface area contributed by atoms with Crippen molar-refractivity contribution >= 4 is 17.5 Å². The molecule has 0 atom stereocenters. The normalized spacial score (nSPS) is 15.0. The van der Waals surface area contributed by atoms with Gasteiger partial charge in [0.1, 0.15) is 5.82 Å². The molecule has 0 spiro atoms. The predicted octanol–water partition coefficient (Wildman–Crippen LogP) is 3.93. The first-order valence-electron chi connectivity index (χ1n) is 8.88. The molecule has 0 unspecified atom stereocenters. The molecular formula is C21H23FN2O2. The zero-order chi connectivity index (χ0) is 18.7. The third-order valence-corrected chi connectivity index (χ3v) is 5.12. The van der Waals surface area contributed by atoms with Crippen molar-refractivity contribution in [3.05, 3.63) is 65.0 Å². The van der Waals surface area contributed by atoms with Crippen LogP contribution in [-0.2, 0) is 4.79 Å². The first kappa shape index (κ1) is 18.1. The molecule has 0 aromatic heterocycles. The Bertz CT molecular complexity index is 827. The second kappa shape index (κ2) is 7.68. The molecule has 1 saturated heterocycles. The number of nitrogens with zero attached hydrogens (tertiary/aromatic N) is 1. The fourth-order valence-electron chi connectivity index (χ4n) is 3.27. The summed E-state index contributed by atoms with van der Waals surface area (Å²) in [4.78, 5) is 26.6. The molecule has 1 aliphatic heterocycles. The Labute approximate surface area is 153 Å². The second-order valence-electron chi connectivity index (χ2n) is 6.78. The summed E-state index contributed by atoms with van der Waals surface area (Å²) in [5, 5.41) is 3.00. The highest BCUT2D eigenvalue weighted by Gasteiger charge is 2.29. The Hall–Kier alpha value is -2.69. The van der Waals surface area contributed by atoms with Gasteiger partial charge >= 0.3 is 0 Å². The highest BCUT2D eigenvalue weighted by Crippen LogP contribution is 2.23. The summed E-state index contributed by atoms with van der Waals surface area (Å²) in [6.45, 7) is 4.91. The number of rotatable bonds is 3. The number of hydrogen-bond donors (Lipinski definition) is 1. The van der Waals surface area contributed by atoms with Crippen LogP contribution in [0, 0.1) is 25.6 Å². The van der Waals surface area contributed by atoms with E-state index >= 15 is 0 Å². The van der Waals surface area contributed by atoms with Gasteiger partial charge in [-0.15, -0.1) is 0 Å². The van der Waals surface area contributed by atoms with E-state index in [9.17, 15) is 14.0 Å². The molecule has 1 aliphatic rings. The summed E-state index contributed by atoms with van der Waals surface area (Å²) in [5.41, 5.74) is 3.12. The van der Waals surface area contributed by atoms with Crippen LogP contribution in [0.3, 0.4) is 0 Å². The predicted molar refractivity (Wildman–Crippen MR) is 99.6 cm³/mol. The number of amides is 2. The summed E-state index contributed by atoms with van der Waals surface area (Å²) < 4.78 is 13.8. The van der Waals surface area contributed by atoms with Crippen LogP contribution in [0.15, 0.2) is 42.5 Å². The van der Waals surface area contributed by atoms with Crippen molar-refractivity contribution in [2.45, 2.75) is 26.7 Å². The smallest absolute Gasteiger partial charge is 0.256 e. The van der Waals surface area contributed by atoms with Crippen LogP contribution in [0.1, 0.15) is 34.3 Å². The maximum absolute atomic E-state index is 13.8. The van der Waals surface area contributed by atoms with Gasteiger partial charge < -0.3 is 10.2 Å². The van der Waals surface area contributed by atoms with Crippen LogP contribution in [-0.4, -0.2) is 29.8 Å². The number of aryl methyl sites for hydroxylation is 1. The summed E-state index contributed by atoms with van der Waals surface area (Å²) in [7, 11) is 0. The fourth-order valence-corrected chi connectivity index (χ4v) is 3.27. The van der Waals surface area contributed by atoms with Gasteiger partial charge in [-0.1, -0.05) is 24.3 Å².